The average Bonchev–Trinajstić information content (AvgIpc) is 2.25. The number of aliphatic hydroxyl groups excluding tert-OH is 2. The van der Waals surface area contributed by atoms with Crippen LogP contribution in [0.5, 0.6) is 0 Å². The summed E-state index contributed by atoms with van der Waals surface area (Å²) in [6, 6.07) is 2.47. The minimum absolute atomic E-state index is 0.297. The molecule has 0 fully saturated rings. The van der Waals surface area contributed by atoms with Crippen LogP contribution in [0.3, 0.4) is 0 Å². The predicted octanol–water partition coefficient (Wildman–Crippen LogP) is -0.0729. The van der Waals surface area contributed by atoms with Crippen molar-refractivity contribution in [2.24, 2.45) is 0 Å². The Morgan fingerprint density at radius 3 is 2.73 bits per heavy atom. The van der Waals surface area contributed by atoms with E-state index < -0.39 is 6.04 Å². The molecule has 0 bridgehead atoms. The van der Waals surface area contributed by atoms with Gasteiger partial charge in [-0.15, -0.1) is 0 Å². The SMILES string of the molecule is O=C(NC(CO)CO)c1ccnc(Br)c1. The van der Waals surface area contributed by atoms with E-state index in [1.807, 2.05) is 0 Å². The first-order chi connectivity index (χ1) is 7.17. The second kappa shape index (κ2) is 5.79. The Hall–Kier alpha value is -0.980. The van der Waals surface area contributed by atoms with Gasteiger partial charge in [-0.3, -0.25) is 4.79 Å². The third kappa shape index (κ3) is 3.58. The molecule has 15 heavy (non-hydrogen) atoms. The third-order valence-corrected chi connectivity index (χ3v) is 2.20. The Morgan fingerprint density at radius 1 is 1.53 bits per heavy atom. The number of carbonyl (C=O) groups is 1. The van der Waals surface area contributed by atoms with Crippen LogP contribution in [0.2, 0.25) is 0 Å². The highest BCUT2D eigenvalue weighted by atomic mass is 79.9. The molecule has 0 radical (unpaired) electrons. The Labute approximate surface area is 95.3 Å². The fourth-order valence-corrected chi connectivity index (χ4v) is 1.33. The maximum Gasteiger partial charge on any atom is 0.251 e. The molecule has 5 nitrogen and oxygen atoms in total. The molecule has 0 aliphatic heterocycles. The van der Waals surface area contributed by atoms with Gasteiger partial charge in [-0.2, -0.15) is 0 Å². The minimum Gasteiger partial charge on any atom is -0.394 e. The molecule has 0 saturated carbocycles. The van der Waals surface area contributed by atoms with E-state index in [2.05, 4.69) is 26.2 Å². The first kappa shape index (κ1) is 12.1. The van der Waals surface area contributed by atoms with E-state index in [0.717, 1.165) is 0 Å². The molecule has 1 aromatic heterocycles. The highest BCUT2D eigenvalue weighted by Gasteiger charge is 2.11. The van der Waals surface area contributed by atoms with E-state index in [1.165, 1.54) is 6.20 Å². The van der Waals surface area contributed by atoms with Crippen molar-refractivity contribution in [3.05, 3.63) is 28.5 Å². The summed E-state index contributed by atoms with van der Waals surface area (Å²) in [4.78, 5) is 15.4. The number of hydrogen-bond donors (Lipinski definition) is 3. The first-order valence-electron chi connectivity index (χ1n) is 4.31. The maximum atomic E-state index is 11.5. The number of nitrogens with one attached hydrogen (secondary N) is 1. The molecule has 1 rings (SSSR count). The zero-order chi connectivity index (χ0) is 11.3. The van der Waals surface area contributed by atoms with Gasteiger partial charge in [0.1, 0.15) is 4.60 Å². The first-order valence-corrected chi connectivity index (χ1v) is 5.10. The molecule has 0 aromatic carbocycles. The van der Waals surface area contributed by atoms with Crippen molar-refractivity contribution >= 4 is 21.8 Å². The van der Waals surface area contributed by atoms with E-state index >= 15 is 0 Å². The molecule has 82 valence electrons. The number of nitrogens with zero attached hydrogens (tertiary/aromatic N) is 1. The molecule has 0 aliphatic carbocycles. The summed E-state index contributed by atoms with van der Waals surface area (Å²) in [5.74, 6) is -0.355. The lowest BCUT2D eigenvalue weighted by atomic mass is 10.2. The molecule has 3 N–H and O–H groups in total. The Morgan fingerprint density at radius 2 is 2.20 bits per heavy atom. The lowest BCUT2D eigenvalue weighted by molar-refractivity contribution is 0.0879. The van der Waals surface area contributed by atoms with Crippen molar-refractivity contribution in [1.29, 1.82) is 0 Å². The molecule has 0 spiro atoms. The van der Waals surface area contributed by atoms with Gasteiger partial charge < -0.3 is 15.5 Å². The van der Waals surface area contributed by atoms with Crippen LogP contribution in [-0.2, 0) is 0 Å². The van der Waals surface area contributed by atoms with Gasteiger partial charge >= 0.3 is 0 Å². The number of pyridine rings is 1. The molecular formula is C9H11BrN2O3. The van der Waals surface area contributed by atoms with Crippen LogP contribution in [-0.4, -0.2) is 40.4 Å². The van der Waals surface area contributed by atoms with Gasteiger partial charge in [0.05, 0.1) is 19.3 Å². The van der Waals surface area contributed by atoms with Crippen molar-refractivity contribution in [2.75, 3.05) is 13.2 Å². The van der Waals surface area contributed by atoms with Gasteiger partial charge in [0.15, 0.2) is 0 Å². The van der Waals surface area contributed by atoms with Crippen molar-refractivity contribution in [2.45, 2.75) is 6.04 Å². The van der Waals surface area contributed by atoms with E-state index in [9.17, 15) is 4.79 Å². The molecule has 0 unspecified atom stereocenters. The van der Waals surface area contributed by atoms with Crippen LogP contribution in [0.25, 0.3) is 0 Å². The molecule has 1 aromatic rings. The fourth-order valence-electron chi connectivity index (χ4n) is 0.961. The lowest BCUT2D eigenvalue weighted by Gasteiger charge is -2.12. The molecule has 0 saturated heterocycles. The number of carbonyl (C=O) groups excluding carboxylic acids is 1. The van der Waals surface area contributed by atoms with E-state index in [0.29, 0.717) is 10.2 Å². The molecule has 1 heterocycles. The zero-order valence-corrected chi connectivity index (χ0v) is 9.44. The normalized spacial score (nSPS) is 10.4. The van der Waals surface area contributed by atoms with Gasteiger partial charge in [0.25, 0.3) is 5.91 Å². The van der Waals surface area contributed by atoms with Crippen molar-refractivity contribution < 1.29 is 15.0 Å². The van der Waals surface area contributed by atoms with Crippen LogP contribution in [0, 0.1) is 0 Å². The number of amides is 1. The maximum absolute atomic E-state index is 11.5. The average molecular weight is 275 g/mol. The predicted molar refractivity (Wildman–Crippen MR) is 57.4 cm³/mol. The molecule has 6 heteroatoms. The third-order valence-electron chi connectivity index (χ3n) is 1.76. The van der Waals surface area contributed by atoms with Crippen LogP contribution in [0.1, 0.15) is 10.4 Å². The lowest BCUT2D eigenvalue weighted by Crippen LogP contribution is -2.40. The minimum atomic E-state index is -0.635. The zero-order valence-electron chi connectivity index (χ0n) is 7.85. The highest BCUT2D eigenvalue weighted by molar-refractivity contribution is 9.10. The van der Waals surface area contributed by atoms with Gasteiger partial charge in [0, 0.05) is 11.8 Å². The fraction of sp³-hybridized carbons (Fsp3) is 0.333. The van der Waals surface area contributed by atoms with Crippen LogP contribution in [0.15, 0.2) is 22.9 Å². The smallest absolute Gasteiger partial charge is 0.251 e. The highest BCUT2D eigenvalue weighted by Crippen LogP contribution is 2.07. The monoisotopic (exact) mass is 274 g/mol. The topological polar surface area (TPSA) is 82.5 Å². The second-order valence-corrected chi connectivity index (χ2v) is 3.72. The summed E-state index contributed by atoms with van der Waals surface area (Å²) in [5, 5.41) is 20.0. The summed E-state index contributed by atoms with van der Waals surface area (Å²) in [5.41, 5.74) is 0.420. The molecular weight excluding hydrogens is 264 g/mol. The van der Waals surface area contributed by atoms with E-state index in [-0.39, 0.29) is 19.1 Å². The summed E-state index contributed by atoms with van der Waals surface area (Å²) in [7, 11) is 0. The summed E-state index contributed by atoms with van der Waals surface area (Å²) in [6.45, 7) is -0.594. The number of rotatable bonds is 4. The Kier molecular flexibility index (Phi) is 4.67. The molecule has 0 aliphatic rings. The van der Waals surface area contributed by atoms with Gasteiger partial charge in [-0.1, -0.05) is 0 Å². The van der Waals surface area contributed by atoms with Crippen molar-refractivity contribution in [3.63, 3.8) is 0 Å². The Balaban J connectivity index is 2.68. The van der Waals surface area contributed by atoms with Crippen LogP contribution in [0.4, 0.5) is 0 Å². The second-order valence-electron chi connectivity index (χ2n) is 2.90. The summed E-state index contributed by atoms with van der Waals surface area (Å²) < 4.78 is 0.555. The van der Waals surface area contributed by atoms with Gasteiger partial charge in [-0.25, -0.2) is 4.98 Å². The molecule has 0 atom stereocenters. The Bertz CT molecular complexity index is 342. The standard InChI is InChI=1S/C9H11BrN2O3/c10-8-3-6(1-2-11-8)9(15)12-7(4-13)5-14/h1-3,7,13-14H,4-5H2,(H,12,15). The number of aliphatic hydroxyl groups is 2. The summed E-state index contributed by atoms with van der Waals surface area (Å²) in [6.07, 6.45) is 1.49. The summed E-state index contributed by atoms with van der Waals surface area (Å²) >= 11 is 3.14. The van der Waals surface area contributed by atoms with Crippen molar-refractivity contribution in [3.8, 4) is 0 Å². The van der Waals surface area contributed by atoms with Gasteiger partial charge in [0.2, 0.25) is 0 Å². The number of hydrogen-bond acceptors (Lipinski definition) is 4. The quantitative estimate of drug-likeness (QED) is 0.672. The van der Waals surface area contributed by atoms with Crippen molar-refractivity contribution in [1.82, 2.24) is 10.3 Å². The number of halogens is 1. The van der Waals surface area contributed by atoms with Crippen LogP contribution >= 0.6 is 15.9 Å². The van der Waals surface area contributed by atoms with E-state index in [4.69, 9.17) is 10.2 Å². The van der Waals surface area contributed by atoms with Gasteiger partial charge in [-0.05, 0) is 28.1 Å². The molecule has 1 amide bonds. The largest absolute Gasteiger partial charge is 0.394 e. The van der Waals surface area contributed by atoms with E-state index in [1.54, 1.807) is 12.1 Å². The van der Waals surface area contributed by atoms with Crippen LogP contribution < -0.4 is 5.32 Å². The number of aromatic nitrogens is 1.